The van der Waals surface area contributed by atoms with Crippen LogP contribution in [0.25, 0.3) is 11.0 Å². The lowest BCUT2D eigenvalue weighted by atomic mass is 10.1. The first kappa shape index (κ1) is 10.7. The molecular weight excluding hydrogens is 212 g/mol. The molecule has 17 heavy (non-hydrogen) atoms. The van der Waals surface area contributed by atoms with Crippen LogP contribution in [0.3, 0.4) is 0 Å². The molecule has 1 saturated heterocycles. The van der Waals surface area contributed by atoms with Gasteiger partial charge in [-0.25, -0.2) is 4.98 Å². The van der Waals surface area contributed by atoms with Gasteiger partial charge in [0, 0.05) is 25.7 Å². The van der Waals surface area contributed by atoms with Gasteiger partial charge in [-0.2, -0.15) is 0 Å². The van der Waals surface area contributed by atoms with Gasteiger partial charge in [0.2, 0.25) is 0 Å². The average Bonchev–Trinajstić information content (AvgIpc) is 2.96. The molecule has 1 unspecified atom stereocenters. The van der Waals surface area contributed by atoms with Crippen molar-refractivity contribution in [3.05, 3.63) is 24.3 Å². The Morgan fingerprint density at radius 3 is 3.24 bits per heavy atom. The van der Waals surface area contributed by atoms with Crippen molar-refractivity contribution in [1.82, 2.24) is 19.9 Å². The second-order valence-electron chi connectivity index (χ2n) is 4.78. The molecule has 0 saturated carbocycles. The summed E-state index contributed by atoms with van der Waals surface area (Å²) in [5, 5.41) is 3.53. The highest BCUT2D eigenvalue weighted by Gasteiger charge is 2.15. The number of nitrogens with zero attached hydrogens (tertiary/aromatic N) is 3. The zero-order chi connectivity index (χ0) is 11.7. The zero-order valence-corrected chi connectivity index (χ0v) is 10.2. The van der Waals surface area contributed by atoms with Crippen molar-refractivity contribution in [3.8, 4) is 0 Å². The van der Waals surface area contributed by atoms with Crippen LogP contribution in [0.4, 0.5) is 0 Å². The Morgan fingerprint density at radius 2 is 2.47 bits per heavy atom. The summed E-state index contributed by atoms with van der Waals surface area (Å²) in [6, 6.07) is 2.72. The highest BCUT2D eigenvalue weighted by molar-refractivity contribution is 5.74. The first-order valence-corrected chi connectivity index (χ1v) is 6.33. The summed E-state index contributed by atoms with van der Waals surface area (Å²) in [7, 11) is 2.09. The van der Waals surface area contributed by atoms with Crippen LogP contribution in [0.1, 0.15) is 25.1 Å². The van der Waals surface area contributed by atoms with E-state index in [-0.39, 0.29) is 0 Å². The molecule has 2 aromatic heterocycles. The number of aromatic nitrogens is 3. The van der Waals surface area contributed by atoms with E-state index in [4.69, 9.17) is 0 Å². The number of hydrogen-bond donors (Lipinski definition) is 1. The fourth-order valence-corrected chi connectivity index (χ4v) is 2.63. The summed E-state index contributed by atoms with van der Waals surface area (Å²) in [6.45, 7) is 1.18. The van der Waals surface area contributed by atoms with E-state index in [1.807, 2.05) is 18.5 Å². The molecule has 0 aromatic carbocycles. The van der Waals surface area contributed by atoms with E-state index in [9.17, 15) is 0 Å². The van der Waals surface area contributed by atoms with Gasteiger partial charge in [-0.1, -0.05) is 0 Å². The quantitative estimate of drug-likeness (QED) is 0.872. The molecule has 1 atom stereocenters. The number of pyridine rings is 1. The maximum absolute atomic E-state index is 4.65. The number of imidazole rings is 1. The monoisotopic (exact) mass is 230 g/mol. The molecule has 0 amide bonds. The van der Waals surface area contributed by atoms with Crippen LogP contribution in [0.5, 0.6) is 0 Å². The molecule has 1 N–H and O–H groups in total. The maximum Gasteiger partial charge on any atom is 0.109 e. The SMILES string of the molecule is Cn1c(CCC2CCCN2)nc2cnccc21. The Bertz CT molecular complexity index is 511. The summed E-state index contributed by atoms with van der Waals surface area (Å²) in [5.41, 5.74) is 2.18. The van der Waals surface area contributed by atoms with Crippen molar-refractivity contribution in [2.24, 2.45) is 7.05 Å². The third-order valence-electron chi connectivity index (χ3n) is 3.65. The molecule has 3 rings (SSSR count). The standard InChI is InChI=1S/C13H18N4/c1-17-12-6-8-14-9-11(12)16-13(17)5-4-10-3-2-7-15-10/h6,8-10,15H,2-5,7H2,1H3. The van der Waals surface area contributed by atoms with E-state index in [2.05, 4.69) is 26.9 Å². The summed E-state index contributed by atoms with van der Waals surface area (Å²) in [6.07, 6.45) is 8.52. The van der Waals surface area contributed by atoms with Gasteiger partial charge in [-0.05, 0) is 31.9 Å². The smallest absolute Gasteiger partial charge is 0.109 e. The second-order valence-corrected chi connectivity index (χ2v) is 4.78. The molecule has 90 valence electrons. The minimum atomic E-state index is 0.688. The van der Waals surface area contributed by atoms with Crippen molar-refractivity contribution in [2.45, 2.75) is 31.7 Å². The van der Waals surface area contributed by atoms with E-state index >= 15 is 0 Å². The summed E-state index contributed by atoms with van der Waals surface area (Å²) in [4.78, 5) is 8.76. The van der Waals surface area contributed by atoms with Crippen molar-refractivity contribution in [1.29, 1.82) is 0 Å². The van der Waals surface area contributed by atoms with E-state index in [0.717, 1.165) is 11.9 Å². The number of nitrogens with one attached hydrogen (secondary N) is 1. The van der Waals surface area contributed by atoms with Gasteiger partial charge in [-0.15, -0.1) is 0 Å². The lowest BCUT2D eigenvalue weighted by Crippen LogP contribution is -2.22. The van der Waals surface area contributed by atoms with Gasteiger partial charge in [0.05, 0.1) is 11.7 Å². The summed E-state index contributed by atoms with van der Waals surface area (Å²) >= 11 is 0. The van der Waals surface area contributed by atoms with Crippen molar-refractivity contribution in [2.75, 3.05) is 6.54 Å². The van der Waals surface area contributed by atoms with Gasteiger partial charge in [0.1, 0.15) is 11.3 Å². The highest BCUT2D eigenvalue weighted by Crippen LogP contribution is 2.16. The predicted molar refractivity (Wildman–Crippen MR) is 67.9 cm³/mol. The number of fused-ring (bicyclic) bond motifs is 1. The molecule has 0 bridgehead atoms. The highest BCUT2D eigenvalue weighted by atomic mass is 15.1. The van der Waals surface area contributed by atoms with Crippen LogP contribution >= 0.6 is 0 Å². The van der Waals surface area contributed by atoms with Crippen LogP contribution in [-0.4, -0.2) is 27.1 Å². The van der Waals surface area contributed by atoms with Gasteiger partial charge < -0.3 is 9.88 Å². The number of hydrogen-bond acceptors (Lipinski definition) is 3. The fourth-order valence-electron chi connectivity index (χ4n) is 2.63. The molecule has 0 spiro atoms. The molecule has 2 aromatic rings. The Labute approximate surface area is 101 Å². The van der Waals surface area contributed by atoms with Crippen molar-refractivity contribution < 1.29 is 0 Å². The van der Waals surface area contributed by atoms with E-state index in [1.165, 1.54) is 37.1 Å². The van der Waals surface area contributed by atoms with Crippen LogP contribution < -0.4 is 5.32 Å². The first-order chi connectivity index (χ1) is 8.34. The first-order valence-electron chi connectivity index (χ1n) is 6.33. The van der Waals surface area contributed by atoms with Gasteiger partial charge in [-0.3, -0.25) is 4.98 Å². The van der Waals surface area contributed by atoms with Crippen molar-refractivity contribution >= 4 is 11.0 Å². The molecule has 1 aliphatic rings. The Kier molecular flexibility index (Phi) is 2.81. The molecule has 3 heterocycles. The number of aryl methyl sites for hydroxylation is 2. The minimum Gasteiger partial charge on any atom is -0.331 e. The van der Waals surface area contributed by atoms with Crippen molar-refractivity contribution in [3.63, 3.8) is 0 Å². The third kappa shape index (κ3) is 2.05. The molecule has 0 radical (unpaired) electrons. The largest absolute Gasteiger partial charge is 0.331 e. The van der Waals surface area contributed by atoms with Crippen LogP contribution in [0.2, 0.25) is 0 Å². The fraction of sp³-hybridized carbons (Fsp3) is 0.538. The molecule has 1 fully saturated rings. The van der Waals surface area contributed by atoms with Gasteiger partial charge in [0.15, 0.2) is 0 Å². The van der Waals surface area contributed by atoms with E-state index in [0.29, 0.717) is 6.04 Å². The average molecular weight is 230 g/mol. The Hall–Kier alpha value is -1.42. The zero-order valence-electron chi connectivity index (χ0n) is 10.2. The third-order valence-corrected chi connectivity index (χ3v) is 3.65. The minimum absolute atomic E-state index is 0.688. The maximum atomic E-state index is 4.65. The van der Waals surface area contributed by atoms with Crippen LogP contribution in [0.15, 0.2) is 18.5 Å². The normalized spacial score (nSPS) is 20.2. The predicted octanol–water partition coefficient (Wildman–Crippen LogP) is 1.65. The molecule has 0 aliphatic carbocycles. The molecule has 4 heteroatoms. The lowest BCUT2D eigenvalue weighted by molar-refractivity contribution is 0.546. The number of rotatable bonds is 3. The summed E-state index contributed by atoms with van der Waals surface area (Å²) < 4.78 is 2.19. The topological polar surface area (TPSA) is 42.7 Å². The van der Waals surface area contributed by atoms with Crippen LogP contribution in [-0.2, 0) is 13.5 Å². The van der Waals surface area contributed by atoms with E-state index in [1.54, 1.807) is 0 Å². The van der Waals surface area contributed by atoms with Gasteiger partial charge in [0.25, 0.3) is 0 Å². The van der Waals surface area contributed by atoms with E-state index < -0.39 is 0 Å². The van der Waals surface area contributed by atoms with Crippen LogP contribution in [0, 0.1) is 0 Å². The lowest BCUT2D eigenvalue weighted by Gasteiger charge is -2.09. The Morgan fingerprint density at radius 1 is 1.53 bits per heavy atom. The summed E-state index contributed by atoms with van der Waals surface area (Å²) in [5.74, 6) is 1.17. The molecule has 4 nitrogen and oxygen atoms in total. The molecular formula is C13H18N4. The molecule has 1 aliphatic heterocycles. The Balaban J connectivity index is 1.78. The second kappa shape index (κ2) is 4.45. The van der Waals surface area contributed by atoms with Gasteiger partial charge >= 0.3 is 0 Å².